The van der Waals surface area contributed by atoms with Crippen molar-refractivity contribution in [1.82, 2.24) is 40.1 Å². The van der Waals surface area contributed by atoms with Gasteiger partial charge in [0.25, 0.3) is 0 Å². The minimum atomic E-state index is -0.659. The molecule has 1 saturated heterocycles. The Kier molecular flexibility index (Phi) is 5.73. The molecule has 0 N–H and O–H groups in total. The number of carbonyl (C=O) groups is 1. The predicted octanol–water partition coefficient (Wildman–Crippen LogP) is 1.59. The summed E-state index contributed by atoms with van der Waals surface area (Å²) in [7, 11) is 0. The number of halogens is 2. The fraction of sp³-hybridized carbons (Fsp3) is 0.333. The van der Waals surface area contributed by atoms with E-state index in [0.717, 1.165) is 12.3 Å². The van der Waals surface area contributed by atoms with Gasteiger partial charge in [0.1, 0.15) is 5.82 Å². The Hall–Kier alpha value is -4.54. The number of urea groups is 1. The number of aromatic nitrogens is 6. The summed E-state index contributed by atoms with van der Waals surface area (Å²) < 4.78 is 29.4. The summed E-state index contributed by atoms with van der Waals surface area (Å²) in [6.07, 6.45) is 3.09. The van der Waals surface area contributed by atoms with Crippen molar-refractivity contribution in [3.05, 3.63) is 53.0 Å². The van der Waals surface area contributed by atoms with Crippen LogP contribution in [0.25, 0.3) is 5.82 Å². The monoisotopic (exact) mass is 479 g/mol. The van der Waals surface area contributed by atoms with E-state index >= 15 is 0 Å². The van der Waals surface area contributed by atoms with Crippen LogP contribution in [0, 0.1) is 29.9 Å². The number of amides is 2. The van der Waals surface area contributed by atoms with Gasteiger partial charge in [-0.1, -0.05) is 0 Å². The maximum Gasteiger partial charge on any atom is 0.341 e. The zero-order valence-electron chi connectivity index (χ0n) is 18.6. The van der Waals surface area contributed by atoms with Crippen LogP contribution >= 0.6 is 0 Å². The number of nitrogens with zero attached hydrogens (tertiary/aromatic N) is 11. The lowest BCUT2D eigenvalue weighted by molar-refractivity contribution is 0.139. The van der Waals surface area contributed by atoms with Crippen LogP contribution in [0.3, 0.4) is 0 Å². The second-order valence-electron chi connectivity index (χ2n) is 8.02. The molecule has 1 atom stereocenters. The van der Waals surface area contributed by atoms with Crippen molar-refractivity contribution in [1.29, 1.82) is 5.26 Å². The molecule has 0 aliphatic carbocycles. The third-order valence-corrected chi connectivity index (χ3v) is 5.83. The van der Waals surface area contributed by atoms with Gasteiger partial charge in [0, 0.05) is 38.8 Å². The molecule has 0 radical (unpaired) electrons. The zero-order chi connectivity index (χ0) is 24.5. The molecule has 2 aromatic heterocycles. The molecule has 2 aliphatic rings. The molecule has 0 spiro atoms. The molecule has 2 amide bonds. The van der Waals surface area contributed by atoms with Crippen molar-refractivity contribution in [3.63, 3.8) is 0 Å². The Bertz CT molecular complexity index is 1340. The van der Waals surface area contributed by atoms with E-state index in [1.54, 1.807) is 24.1 Å². The molecule has 0 saturated carbocycles. The Morgan fingerprint density at radius 1 is 1.17 bits per heavy atom. The molecule has 1 fully saturated rings. The highest BCUT2D eigenvalue weighted by Crippen LogP contribution is 2.30. The topological polar surface area (TPSA) is 132 Å². The van der Waals surface area contributed by atoms with Gasteiger partial charge in [0.05, 0.1) is 23.9 Å². The van der Waals surface area contributed by atoms with Crippen LogP contribution in [-0.2, 0) is 0 Å². The third-order valence-electron chi connectivity index (χ3n) is 5.83. The van der Waals surface area contributed by atoms with E-state index in [-0.39, 0.29) is 17.4 Å². The minimum Gasteiger partial charge on any atom is -0.337 e. The third kappa shape index (κ3) is 4.23. The van der Waals surface area contributed by atoms with E-state index in [9.17, 15) is 13.6 Å². The van der Waals surface area contributed by atoms with Crippen LogP contribution in [0.15, 0.2) is 29.5 Å². The number of benzene rings is 1. The molecule has 1 aromatic carbocycles. The summed E-state index contributed by atoms with van der Waals surface area (Å²) in [5.41, 5.74) is 0.694. The van der Waals surface area contributed by atoms with Gasteiger partial charge < -0.3 is 9.80 Å². The highest BCUT2D eigenvalue weighted by Gasteiger charge is 2.34. The molecule has 35 heavy (non-hydrogen) atoms. The molecular weight excluding hydrogens is 460 g/mol. The highest BCUT2D eigenvalue weighted by molar-refractivity contribution is 5.78. The van der Waals surface area contributed by atoms with E-state index in [1.807, 2.05) is 11.0 Å². The summed E-state index contributed by atoms with van der Waals surface area (Å²) in [4.78, 5) is 25.0. The number of rotatable bonds is 3. The molecule has 178 valence electrons. The van der Waals surface area contributed by atoms with Crippen molar-refractivity contribution in [2.24, 2.45) is 5.10 Å². The standard InChI is InChI=1S/C21H19F2N11O/c1-13-28-29-30-33(13)19-17(23)12-25-20(27-19)31-4-6-32(7-5-31)21(35)34-18(2-3-26-34)15-8-14(11-24)9-16(22)10-15/h3,8-10,12,18H,2,4-7H2,1H3. The Labute approximate surface area is 198 Å². The summed E-state index contributed by atoms with van der Waals surface area (Å²) in [6.45, 7) is 3.15. The molecule has 14 heteroatoms. The maximum atomic E-state index is 14.3. The molecule has 3 aromatic rings. The van der Waals surface area contributed by atoms with Crippen LogP contribution in [0.1, 0.15) is 29.4 Å². The fourth-order valence-electron chi connectivity index (χ4n) is 4.06. The van der Waals surface area contributed by atoms with Gasteiger partial charge in [-0.3, -0.25) is 0 Å². The van der Waals surface area contributed by atoms with Crippen molar-refractivity contribution in [2.45, 2.75) is 19.4 Å². The summed E-state index contributed by atoms with van der Waals surface area (Å²) >= 11 is 0. The number of piperazine rings is 1. The van der Waals surface area contributed by atoms with Crippen LogP contribution in [-0.4, -0.2) is 78.5 Å². The number of hydrogen-bond acceptors (Lipinski definition) is 9. The number of aryl methyl sites for hydroxylation is 1. The van der Waals surface area contributed by atoms with Crippen LogP contribution in [0.5, 0.6) is 0 Å². The normalized spacial score (nSPS) is 17.7. The average molecular weight is 479 g/mol. The largest absolute Gasteiger partial charge is 0.341 e. The van der Waals surface area contributed by atoms with E-state index in [0.29, 0.717) is 49.9 Å². The molecule has 5 rings (SSSR count). The second-order valence-corrected chi connectivity index (χ2v) is 8.02. The number of hydrazone groups is 1. The SMILES string of the molecule is Cc1nnnn1-c1nc(N2CCN(C(=O)N3N=CCC3c3cc(F)cc(C#N)c3)CC2)ncc1F. The van der Waals surface area contributed by atoms with Gasteiger partial charge in [-0.15, -0.1) is 5.10 Å². The Morgan fingerprint density at radius 2 is 1.97 bits per heavy atom. The number of carbonyl (C=O) groups excluding carboxylic acids is 1. The van der Waals surface area contributed by atoms with Crippen LogP contribution in [0.2, 0.25) is 0 Å². The quantitative estimate of drug-likeness (QED) is 0.553. The van der Waals surface area contributed by atoms with Crippen LogP contribution < -0.4 is 4.90 Å². The van der Waals surface area contributed by atoms with E-state index in [2.05, 4.69) is 30.6 Å². The lowest BCUT2D eigenvalue weighted by Crippen LogP contribution is -2.52. The van der Waals surface area contributed by atoms with Crippen molar-refractivity contribution in [2.75, 3.05) is 31.1 Å². The number of tetrazole rings is 1. The second kappa shape index (κ2) is 9.01. The van der Waals surface area contributed by atoms with Crippen molar-refractivity contribution >= 4 is 18.2 Å². The van der Waals surface area contributed by atoms with Gasteiger partial charge in [-0.2, -0.15) is 20.0 Å². The van der Waals surface area contributed by atoms with E-state index in [1.165, 1.54) is 15.8 Å². The molecule has 1 unspecified atom stereocenters. The maximum absolute atomic E-state index is 14.3. The van der Waals surface area contributed by atoms with Gasteiger partial charge in [-0.25, -0.2) is 23.6 Å². The average Bonchev–Trinajstić information content (AvgIpc) is 3.53. The van der Waals surface area contributed by atoms with Gasteiger partial charge >= 0.3 is 6.03 Å². The Balaban J connectivity index is 1.28. The number of anilines is 1. The van der Waals surface area contributed by atoms with Crippen molar-refractivity contribution < 1.29 is 13.6 Å². The molecular formula is C21H19F2N11O. The lowest BCUT2D eigenvalue weighted by Gasteiger charge is -2.37. The number of nitriles is 1. The Morgan fingerprint density at radius 3 is 2.69 bits per heavy atom. The summed E-state index contributed by atoms with van der Waals surface area (Å²) in [5, 5.41) is 25.7. The lowest BCUT2D eigenvalue weighted by atomic mass is 10.0. The first-order chi connectivity index (χ1) is 16.9. The van der Waals surface area contributed by atoms with Gasteiger partial charge in [0.2, 0.25) is 5.95 Å². The molecule has 0 bridgehead atoms. The summed E-state index contributed by atoms with van der Waals surface area (Å²) in [5.74, 6) is -0.582. The first kappa shape index (κ1) is 22.3. The smallest absolute Gasteiger partial charge is 0.337 e. The first-order valence-corrected chi connectivity index (χ1v) is 10.8. The van der Waals surface area contributed by atoms with Gasteiger partial charge in [0.15, 0.2) is 17.5 Å². The fourth-order valence-corrected chi connectivity index (χ4v) is 4.06. The van der Waals surface area contributed by atoms with Crippen LogP contribution in [0.4, 0.5) is 19.5 Å². The molecule has 4 heterocycles. The highest BCUT2D eigenvalue weighted by atomic mass is 19.1. The molecule has 12 nitrogen and oxygen atoms in total. The molecule has 2 aliphatic heterocycles. The summed E-state index contributed by atoms with van der Waals surface area (Å²) in [6, 6.07) is 5.14. The predicted molar refractivity (Wildman–Crippen MR) is 117 cm³/mol. The van der Waals surface area contributed by atoms with Crippen molar-refractivity contribution in [3.8, 4) is 11.9 Å². The van der Waals surface area contributed by atoms with E-state index in [4.69, 9.17) is 5.26 Å². The number of hydrogen-bond donors (Lipinski definition) is 0. The van der Waals surface area contributed by atoms with E-state index < -0.39 is 17.7 Å². The zero-order valence-corrected chi connectivity index (χ0v) is 18.6. The minimum absolute atomic E-state index is 0.0583. The van der Waals surface area contributed by atoms with Gasteiger partial charge in [-0.05, 0) is 41.1 Å². The first-order valence-electron chi connectivity index (χ1n) is 10.8.